The van der Waals surface area contributed by atoms with Gasteiger partial charge >= 0.3 is 12.1 Å². The molecule has 1 N–H and O–H groups in total. The van der Waals surface area contributed by atoms with Gasteiger partial charge in [0, 0.05) is 6.54 Å². The molecule has 0 unspecified atom stereocenters. The number of sulfonamides is 1. The van der Waals surface area contributed by atoms with Gasteiger partial charge in [0.1, 0.15) is 0 Å². The summed E-state index contributed by atoms with van der Waals surface area (Å²) in [6.45, 7) is 1.52. The van der Waals surface area contributed by atoms with Crippen LogP contribution in [0, 0.1) is 0 Å². The molecule has 21 heavy (non-hydrogen) atoms. The normalized spacial score (nSPS) is 12.2. The summed E-state index contributed by atoms with van der Waals surface area (Å²) in [5.41, 5.74) is -1.06. The van der Waals surface area contributed by atoms with Gasteiger partial charge in [0.25, 0.3) is 0 Å². The molecule has 1 rings (SSSR count). The van der Waals surface area contributed by atoms with Gasteiger partial charge in [-0.15, -0.1) is 0 Å². The van der Waals surface area contributed by atoms with E-state index in [0.29, 0.717) is 6.07 Å². The summed E-state index contributed by atoms with van der Waals surface area (Å²) in [6.07, 6.45) is -4.83. The van der Waals surface area contributed by atoms with Crippen molar-refractivity contribution < 1.29 is 31.1 Å². The van der Waals surface area contributed by atoms with E-state index in [2.05, 4.69) is 4.74 Å². The van der Waals surface area contributed by atoms with E-state index in [9.17, 15) is 26.4 Å². The van der Waals surface area contributed by atoms with Gasteiger partial charge in [-0.25, -0.2) is 13.1 Å². The summed E-state index contributed by atoms with van der Waals surface area (Å²) in [5, 5.41) is 0. The Morgan fingerprint density at radius 2 is 2.00 bits per heavy atom. The van der Waals surface area contributed by atoms with Crippen LogP contribution < -0.4 is 4.72 Å². The van der Waals surface area contributed by atoms with Crippen LogP contribution in [0.4, 0.5) is 13.2 Å². The molecule has 0 aliphatic heterocycles. The van der Waals surface area contributed by atoms with Crippen LogP contribution in [0.3, 0.4) is 0 Å². The van der Waals surface area contributed by atoms with Crippen molar-refractivity contribution in [3.8, 4) is 0 Å². The third-order valence-electron chi connectivity index (χ3n) is 2.40. The molecular formula is C12H14F3NO4S. The molecule has 0 aromatic heterocycles. The molecule has 0 saturated heterocycles. The van der Waals surface area contributed by atoms with Crippen LogP contribution in [-0.4, -0.2) is 27.5 Å². The summed E-state index contributed by atoms with van der Waals surface area (Å²) >= 11 is 0. The van der Waals surface area contributed by atoms with Crippen LogP contribution in [0.25, 0.3) is 0 Å². The van der Waals surface area contributed by atoms with Gasteiger partial charge in [-0.05, 0) is 25.1 Å². The molecule has 0 atom stereocenters. The number of hydrogen-bond donors (Lipinski definition) is 1. The Bertz CT molecular complexity index is 599. The number of esters is 1. The zero-order chi connectivity index (χ0) is 16.1. The van der Waals surface area contributed by atoms with E-state index in [1.165, 1.54) is 0 Å². The van der Waals surface area contributed by atoms with Gasteiger partial charge in [-0.1, -0.05) is 6.07 Å². The fourth-order valence-corrected chi connectivity index (χ4v) is 2.52. The molecule has 0 amide bonds. The molecule has 0 aliphatic rings. The third-order valence-corrected chi connectivity index (χ3v) is 3.86. The lowest BCUT2D eigenvalue weighted by Gasteiger charge is -2.10. The van der Waals surface area contributed by atoms with Gasteiger partial charge in [-0.2, -0.15) is 13.2 Å². The number of alkyl halides is 3. The van der Waals surface area contributed by atoms with E-state index >= 15 is 0 Å². The number of ether oxygens (including phenoxy) is 1. The van der Waals surface area contributed by atoms with Crippen LogP contribution in [0.2, 0.25) is 0 Å². The lowest BCUT2D eigenvalue weighted by atomic mass is 10.2. The van der Waals surface area contributed by atoms with Gasteiger partial charge in [0.15, 0.2) is 0 Å². The third kappa shape index (κ3) is 5.35. The fraction of sp³-hybridized carbons (Fsp3) is 0.417. The fourth-order valence-electron chi connectivity index (χ4n) is 1.44. The summed E-state index contributed by atoms with van der Waals surface area (Å²) in [7, 11) is -4.11. The zero-order valence-corrected chi connectivity index (χ0v) is 11.9. The first-order valence-electron chi connectivity index (χ1n) is 5.99. The van der Waals surface area contributed by atoms with Crippen LogP contribution in [0.5, 0.6) is 0 Å². The van der Waals surface area contributed by atoms with Crippen LogP contribution in [0.15, 0.2) is 29.2 Å². The maximum absolute atomic E-state index is 12.5. The van der Waals surface area contributed by atoms with Crippen molar-refractivity contribution in [3.05, 3.63) is 29.8 Å². The first-order chi connectivity index (χ1) is 9.66. The van der Waals surface area contributed by atoms with Crippen molar-refractivity contribution in [2.75, 3.05) is 13.2 Å². The number of hydrogen-bond acceptors (Lipinski definition) is 4. The van der Waals surface area contributed by atoms with Crippen LogP contribution in [-0.2, 0) is 25.7 Å². The average Bonchev–Trinajstić information content (AvgIpc) is 2.38. The number of benzene rings is 1. The first-order valence-corrected chi connectivity index (χ1v) is 7.47. The molecule has 0 spiro atoms. The topological polar surface area (TPSA) is 72.5 Å². The highest BCUT2D eigenvalue weighted by Gasteiger charge is 2.31. The summed E-state index contributed by atoms with van der Waals surface area (Å²) in [5.74, 6) is -0.593. The van der Waals surface area contributed by atoms with Gasteiger partial charge in [0.2, 0.25) is 10.0 Å². The number of halogens is 3. The lowest BCUT2D eigenvalue weighted by Crippen LogP contribution is -2.27. The Labute approximate surface area is 120 Å². The largest absolute Gasteiger partial charge is 0.466 e. The van der Waals surface area contributed by atoms with E-state index < -0.39 is 32.6 Å². The number of carbonyl (C=O) groups is 1. The Morgan fingerprint density at radius 3 is 2.57 bits per heavy atom. The molecular weight excluding hydrogens is 311 g/mol. The lowest BCUT2D eigenvalue weighted by molar-refractivity contribution is -0.143. The molecule has 118 valence electrons. The highest BCUT2D eigenvalue weighted by atomic mass is 32.2. The Hall–Kier alpha value is -1.61. The van der Waals surface area contributed by atoms with E-state index in [4.69, 9.17) is 0 Å². The predicted octanol–water partition coefficient (Wildman–Crippen LogP) is 1.94. The van der Waals surface area contributed by atoms with E-state index in [1.54, 1.807) is 6.92 Å². The van der Waals surface area contributed by atoms with Gasteiger partial charge < -0.3 is 4.74 Å². The van der Waals surface area contributed by atoms with Crippen molar-refractivity contribution >= 4 is 16.0 Å². The minimum absolute atomic E-state index is 0.166. The second kappa shape index (κ2) is 6.90. The van der Waals surface area contributed by atoms with Crippen molar-refractivity contribution in [2.45, 2.75) is 24.4 Å². The number of carbonyl (C=O) groups excluding carboxylic acids is 1. The monoisotopic (exact) mass is 325 g/mol. The second-order valence-electron chi connectivity index (χ2n) is 3.98. The second-order valence-corrected chi connectivity index (χ2v) is 5.75. The molecule has 0 bridgehead atoms. The molecule has 0 fully saturated rings. The molecule has 0 saturated carbocycles. The molecule has 5 nitrogen and oxygen atoms in total. The SMILES string of the molecule is CCOC(=O)CCNS(=O)(=O)c1cccc(C(F)(F)F)c1. The standard InChI is InChI=1S/C12H14F3NO4S/c1-2-20-11(17)6-7-16-21(18,19)10-5-3-4-9(8-10)12(13,14)15/h3-5,8,16H,2,6-7H2,1H3. The quantitative estimate of drug-likeness (QED) is 0.811. The average molecular weight is 325 g/mol. The van der Waals surface area contributed by atoms with E-state index in [1.807, 2.05) is 4.72 Å². The maximum atomic E-state index is 12.5. The smallest absolute Gasteiger partial charge is 0.416 e. The summed E-state index contributed by atoms with van der Waals surface area (Å²) in [6, 6.07) is 3.36. The number of rotatable bonds is 6. The molecule has 1 aromatic rings. The molecule has 0 radical (unpaired) electrons. The summed E-state index contributed by atoms with van der Waals surface area (Å²) < 4.78 is 67.9. The Balaban J connectivity index is 2.77. The predicted molar refractivity (Wildman–Crippen MR) is 67.9 cm³/mol. The van der Waals surface area contributed by atoms with Crippen molar-refractivity contribution in [3.63, 3.8) is 0 Å². The molecule has 9 heteroatoms. The zero-order valence-electron chi connectivity index (χ0n) is 11.1. The van der Waals surface area contributed by atoms with Gasteiger partial charge in [0.05, 0.1) is 23.5 Å². The van der Waals surface area contributed by atoms with Gasteiger partial charge in [-0.3, -0.25) is 4.79 Å². The highest BCUT2D eigenvalue weighted by Crippen LogP contribution is 2.30. The first kappa shape index (κ1) is 17.4. The van der Waals surface area contributed by atoms with Crippen LogP contribution in [0.1, 0.15) is 18.9 Å². The van der Waals surface area contributed by atoms with E-state index in [-0.39, 0.29) is 19.6 Å². The van der Waals surface area contributed by atoms with Crippen molar-refractivity contribution in [1.82, 2.24) is 4.72 Å². The summed E-state index contributed by atoms with van der Waals surface area (Å²) in [4.78, 5) is 10.5. The molecule has 0 aliphatic carbocycles. The van der Waals surface area contributed by atoms with Crippen molar-refractivity contribution in [1.29, 1.82) is 0 Å². The molecule has 1 aromatic carbocycles. The highest BCUT2D eigenvalue weighted by molar-refractivity contribution is 7.89. The Morgan fingerprint density at radius 1 is 1.33 bits per heavy atom. The van der Waals surface area contributed by atoms with Crippen LogP contribution >= 0.6 is 0 Å². The minimum atomic E-state index is -4.63. The van der Waals surface area contributed by atoms with E-state index in [0.717, 1.165) is 18.2 Å². The molecule has 0 heterocycles. The Kier molecular flexibility index (Phi) is 5.73. The van der Waals surface area contributed by atoms with Crippen molar-refractivity contribution in [2.24, 2.45) is 0 Å². The number of nitrogens with one attached hydrogen (secondary N) is 1. The minimum Gasteiger partial charge on any atom is -0.466 e. The maximum Gasteiger partial charge on any atom is 0.416 e.